The third kappa shape index (κ3) is 8.01. The molecule has 5 rings (SSSR count). The van der Waals surface area contributed by atoms with Crippen LogP contribution in [0.1, 0.15) is 52.6 Å². The van der Waals surface area contributed by atoms with Gasteiger partial charge in [0.25, 0.3) is 11.8 Å². The minimum Gasteiger partial charge on any atom is -0.443 e. The molecule has 0 aliphatic carbocycles. The summed E-state index contributed by atoms with van der Waals surface area (Å²) < 4.78 is 5.74. The second-order valence-corrected chi connectivity index (χ2v) is 11.5. The van der Waals surface area contributed by atoms with Crippen molar-refractivity contribution in [1.82, 2.24) is 15.0 Å². The van der Waals surface area contributed by atoms with Gasteiger partial charge in [-0.25, -0.2) is 19.7 Å². The van der Waals surface area contributed by atoms with Gasteiger partial charge in [0.1, 0.15) is 5.60 Å². The molecule has 3 aromatic carbocycles. The zero-order valence-electron chi connectivity index (χ0n) is 26.2. The molecule has 0 aliphatic heterocycles. The van der Waals surface area contributed by atoms with Crippen LogP contribution in [0, 0.1) is 18.3 Å². The average molecular weight is 626 g/mol. The first kappa shape index (κ1) is 32.0. The van der Waals surface area contributed by atoms with Crippen LogP contribution in [-0.2, 0) is 4.74 Å². The van der Waals surface area contributed by atoms with Crippen molar-refractivity contribution >= 4 is 40.9 Å². The summed E-state index contributed by atoms with van der Waals surface area (Å²) in [6.07, 6.45) is 4.19. The quantitative estimate of drug-likeness (QED) is 0.191. The zero-order chi connectivity index (χ0) is 33.6. The Labute approximate surface area is 271 Å². The standard InChI is InChI=1S/C36H31N7O4/c1-23-7-14-29(41-33(45)26-12-15-28(16-13-26)40-32(44)25-10-8-24(21-37)9-11-25)20-31(23)43(35(46)47-36(2,3)4)34-39-19-17-30(42-34)27-6-5-18-38-22-27/h5-20,22H,1-4H3,(H,40,44)(H,41,45). The molecule has 0 fully saturated rings. The maximum absolute atomic E-state index is 13.6. The lowest BCUT2D eigenvalue weighted by atomic mass is 10.1. The van der Waals surface area contributed by atoms with Gasteiger partial charge in [-0.1, -0.05) is 6.07 Å². The van der Waals surface area contributed by atoms with Crippen molar-refractivity contribution in [2.45, 2.75) is 33.3 Å². The molecule has 2 N–H and O–H groups in total. The first-order valence-corrected chi connectivity index (χ1v) is 14.6. The summed E-state index contributed by atoms with van der Waals surface area (Å²) >= 11 is 0. The normalized spacial score (nSPS) is 10.8. The molecular weight excluding hydrogens is 594 g/mol. The predicted molar refractivity (Wildman–Crippen MR) is 178 cm³/mol. The Morgan fingerprint density at radius 1 is 0.830 bits per heavy atom. The second kappa shape index (κ2) is 13.7. The Bertz CT molecular complexity index is 1960. The Morgan fingerprint density at radius 3 is 2.09 bits per heavy atom. The number of carbonyl (C=O) groups excluding carboxylic acids is 3. The summed E-state index contributed by atoms with van der Waals surface area (Å²) in [6, 6.07) is 25.2. The number of benzene rings is 3. The molecule has 0 saturated heterocycles. The van der Waals surface area contributed by atoms with Gasteiger partial charge in [0.15, 0.2) is 0 Å². The SMILES string of the molecule is Cc1ccc(NC(=O)c2ccc(NC(=O)c3ccc(C#N)cc3)cc2)cc1N(C(=O)OC(C)(C)C)c1nccc(-c2cccnc2)n1. The fourth-order valence-electron chi connectivity index (χ4n) is 4.46. The number of aromatic nitrogens is 3. The van der Waals surface area contributed by atoms with E-state index in [1.54, 1.807) is 118 Å². The molecule has 0 unspecified atom stereocenters. The van der Waals surface area contributed by atoms with E-state index < -0.39 is 17.6 Å². The Balaban J connectivity index is 1.38. The number of ether oxygens (including phenoxy) is 1. The van der Waals surface area contributed by atoms with Crippen LogP contribution < -0.4 is 15.5 Å². The van der Waals surface area contributed by atoms with Crippen LogP contribution in [0.25, 0.3) is 11.3 Å². The Kier molecular flexibility index (Phi) is 9.33. The lowest BCUT2D eigenvalue weighted by Crippen LogP contribution is -2.35. The summed E-state index contributed by atoms with van der Waals surface area (Å²) in [4.78, 5) is 53.9. The molecule has 11 nitrogen and oxygen atoms in total. The number of aryl methyl sites for hydroxylation is 1. The van der Waals surface area contributed by atoms with E-state index in [0.29, 0.717) is 45.0 Å². The molecule has 0 radical (unpaired) electrons. The maximum Gasteiger partial charge on any atom is 0.421 e. The lowest BCUT2D eigenvalue weighted by Gasteiger charge is -2.27. The molecular formula is C36H31N7O4. The Morgan fingerprint density at radius 2 is 1.47 bits per heavy atom. The first-order chi connectivity index (χ1) is 22.5. The minimum absolute atomic E-state index is 0.0887. The van der Waals surface area contributed by atoms with Crippen LogP contribution in [0.15, 0.2) is 104 Å². The number of anilines is 4. The number of rotatable bonds is 7. The number of hydrogen-bond donors (Lipinski definition) is 2. The molecule has 0 aliphatic rings. The van der Waals surface area contributed by atoms with Gasteiger partial charge in [0, 0.05) is 46.7 Å². The van der Waals surface area contributed by atoms with Gasteiger partial charge in [0.2, 0.25) is 5.95 Å². The van der Waals surface area contributed by atoms with Crippen LogP contribution in [0.4, 0.5) is 27.8 Å². The van der Waals surface area contributed by atoms with Gasteiger partial charge in [-0.3, -0.25) is 14.6 Å². The summed E-state index contributed by atoms with van der Waals surface area (Å²) in [7, 11) is 0. The van der Waals surface area contributed by atoms with Crippen molar-refractivity contribution in [3.8, 4) is 17.3 Å². The second-order valence-electron chi connectivity index (χ2n) is 11.5. The van der Waals surface area contributed by atoms with Gasteiger partial charge in [-0.15, -0.1) is 0 Å². The molecule has 0 spiro atoms. The van der Waals surface area contributed by atoms with E-state index in [4.69, 9.17) is 10.00 Å². The third-order valence-electron chi connectivity index (χ3n) is 6.77. The minimum atomic E-state index is -0.802. The largest absolute Gasteiger partial charge is 0.443 e. The molecule has 11 heteroatoms. The molecule has 0 saturated carbocycles. The van der Waals surface area contributed by atoms with E-state index in [1.165, 1.54) is 4.90 Å². The highest BCUT2D eigenvalue weighted by Crippen LogP contribution is 2.32. The van der Waals surface area contributed by atoms with E-state index in [9.17, 15) is 14.4 Å². The lowest BCUT2D eigenvalue weighted by molar-refractivity contribution is 0.0596. The van der Waals surface area contributed by atoms with Crippen molar-refractivity contribution in [1.29, 1.82) is 5.26 Å². The van der Waals surface area contributed by atoms with Crippen molar-refractivity contribution < 1.29 is 19.1 Å². The van der Waals surface area contributed by atoms with E-state index in [0.717, 1.165) is 5.56 Å². The molecule has 2 heterocycles. The van der Waals surface area contributed by atoms with Gasteiger partial charge in [0.05, 0.1) is 23.0 Å². The van der Waals surface area contributed by atoms with Crippen LogP contribution >= 0.6 is 0 Å². The average Bonchev–Trinajstić information content (AvgIpc) is 3.06. The molecule has 234 valence electrons. The summed E-state index contributed by atoms with van der Waals surface area (Å²) in [5.74, 6) is -0.655. The highest BCUT2D eigenvalue weighted by Gasteiger charge is 2.29. The summed E-state index contributed by atoms with van der Waals surface area (Å²) in [5.41, 5.74) is 3.76. The van der Waals surface area contributed by atoms with Crippen LogP contribution in [0.3, 0.4) is 0 Å². The highest BCUT2D eigenvalue weighted by molar-refractivity contribution is 6.07. The first-order valence-electron chi connectivity index (χ1n) is 14.6. The topological polar surface area (TPSA) is 150 Å². The number of pyridine rings is 1. The van der Waals surface area contributed by atoms with Gasteiger partial charge in [-0.2, -0.15) is 5.26 Å². The third-order valence-corrected chi connectivity index (χ3v) is 6.77. The summed E-state index contributed by atoms with van der Waals surface area (Å²) in [5, 5.41) is 14.6. The number of nitrogens with zero attached hydrogens (tertiary/aromatic N) is 5. The van der Waals surface area contributed by atoms with Crippen LogP contribution in [0.5, 0.6) is 0 Å². The van der Waals surface area contributed by atoms with E-state index in [2.05, 4.69) is 25.6 Å². The fourth-order valence-corrected chi connectivity index (χ4v) is 4.46. The van der Waals surface area contributed by atoms with Gasteiger partial charge >= 0.3 is 6.09 Å². The van der Waals surface area contributed by atoms with Crippen LogP contribution in [0.2, 0.25) is 0 Å². The smallest absolute Gasteiger partial charge is 0.421 e. The van der Waals surface area contributed by atoms with Gasteiger partial charge in [-0.05, 0) is 112 Å². The molecule has 0 bridgehead atoms. The van der Waals surface area contributed by atoms with E-state index >= 15 is 0 Å². The molecule has 0 atom stereocenters. The molecule has 2 aromatic heterocycles. The van der Waals surface area contributed by atoms with Crippen molar-refractivity contribution in [3.63, 3.8) is 0 Å². The number of hydrogen-bond acceptors (Lipinski definition) is 8. The monoisotopic (exact) mass is 625 g/mol. The van der Waals surface area contributed by atoms with Crippen molar-refractivity contribution in [3.05, 3.63) is 126 Å². The Hall–Kier alpha value is -6.41. The molecule has 47 heavy (non-hydrogen) atoms. The summed E-state index contributed by atoms with van der Waals surface area (Å²) in [6.45, 7) is 7.13. The highest BCUT2D eigenvalue weighted by atomic mass is 16.6. The van der Waals surface area contributed by atoms with Gasteiger partial charge < -0.3 is 15.4 Å². The van der Waals surface area contributed by atoms with Crippen molar-refractivity contribution in [2.75, 3.05) is 15.5 Å². The number of nitrogens with one attached hydrogen (secondary N) is 2. The molecule has 5 aromatic rings. The van der Waals surface area contributed by atoms with E-state index in [-0.39, 0.29) is 11.9 Å². The number of nitriles is 1. The fraction of sp³-hybridized carbons (Fsp3) is 0.139. The van der Waals surface area contributed by atoms with E-state index in [1.807, 2.05) is 19.1 Å². The maximum atomic E-state index is 13.6. The van der Waals surface area contributed by atoms with Crippen molar-refractivity contribution in [2.24, 2.45) is 0 Å². The predicted octanol–water partition coefficient (Wildman–Crippen LogP) is 7.30. The number of carbonyl (C=O) groups is 3. The molecule has 3 amide bonds. The van der Waals surface area contributed by atoms with Crippen LogP contribution in [-0.4, -0.2) is 38.5 Å². The number of amides is 3. The zero-order valence-corrected chi connectivity index (χ0v) is 26.2.